The monoisotopic (exact) mass is 416 g/mol. The van der Waals surface area contributed by atoms with E-state index in [1.54, 1.807) is 0 Å². The van der Waals surface area contributed by atoms with Gasteiger partial charge in [0, 0.05) is 23.7 Å². The summed E-state index contributed by atoms with van der Waals surface area (Å²) in [6.07, 6.45) is -1.62. The molecule has 1 aliphatic rings. The number of aromatic nitrogens is 3. The summed E-state index contributed by atoms with van der Waals surface area (Å²) < 4.78 is 44.4. The minimum absolute atomic E-state index is 0.178. The number of ether oxygens (including phenoxy) is 1. The summed E-state index contributed by atoms with van der Waals surface area (Å²) in [6.45, 7) is 4.16. The van der Waals surface area contributed by atoms with Gasteiger partial charge in [0.15, 0.2) is 0 Å². The first kappa shape index (κ1) is 21.1. The Morgan fingerprint density at radius 1 is 1.29 bits per heavy atom. The maximum atomic E-state index is 12.6. The van der Waals surface area contributed by atoms with E-state index in [2.05, 4.69) is 29.1 Å². The molecule has 1 fully saturated rings. The fourth-order valence-electron chi connectivity index (χ4n) is 3.46. The summed E-state index contributed by atoms with van der Waals surface area (Å²) in [7, 11) is 0. The number of nitrogens with zero attached hydrogens (tertiary/aromatic N) is 4. The van der Waals surface area contributed by atoms with Crippen LogP contribution in [0.15, 0.2) is 30.5 Å². The second-order valence-corrected chi connectivity index (χ2v) is 7.65. The fourth-order valence-corrected chi connectivity index (χ4v) is 3.59. The molecule has 28 heavy (non-hydrogen) atoms. The van der Waals surface area contributed by atoms with Crippen molar-refractivity contribution in [2.45, 2.75) is 57.6 Å². The Balaban J connectivity index is 1.70. The highest BCUT2D eigenvalue weighted by molar-refractivity contribution is 6.30. The first-order chi connectivity index (χ1) is 13.2. The third-order valence-corrected chi connectivity index (χ3v) is 5.36. The lowest BCUT2D eigenvalue weighted by Crippen LogP contribution is -2.51. The maximum Gasteiger partial charge on any atom is 0.408 e. The Hall–Kier alpha value is -1.64. The normalized spacial score (nSPS) is 22.4. The van der Waals surface area contributed by atoms with Crippen LogP contribution in [0.3, 0.4) is 0 Å². The smallest absolute Gasteiger partial charge is 0.369 e. The molecule has 2 aromatic rings. The van der Waals surface area contributed by atoms with Crippen LogP contribution in [0.5, 0.6) is 0 Å². The minimum Gasteiger partial charge on any atom is -0.369 e. The zero-order valence-electron chi connectivity index (χ0n) is 15.9. The van der Waals surface area contributed by atoms with E-state index in [1.807, 2.05) is 24.3 Å². The lowest BCUT2D eigenvalue weighted by molar-refractivity contribution is -0.142. The molecule has 1 saturated heterocycles. The molecule has 1 aliphatic heterocycles. The molecule has 0 saturated carbocycles. The van der Waals surface area contributed by atoms with Crippen LogP contribution in [0.25, 0.3) is 0 Å². The highest BCUT2D eigenvalue weighted by Gasteiger charge is 2.34. The van der Waals surface area contributed by atoms with Gasteiger partial charge in [-0.15, -0.1) is 5.10 Å². The Morgan fingerprint density at radius 2 is 2.00 bits per heavy atom. The molecule has 0 radical (unpaired) electrons. The molecular formula is C19H24ClF3N4O. The zero-order valence-corrected chi connectivity index (χ0v) is 16.6. The lowest BCUT2D eigenvalue weighted by Gasteiger charge is -2.42. The van der Waals surface area contributed by atoms with Crippen LogP contribution in [-0.2, 0) is 17.7 Å². The SMILES string of the molecule is CCC(C)N1C[C@H](c2cn(CC(F)(F)F)nn2)OC[C@@H]1Cc1ccc(Cl)cc1. The number of morpholine rings is 1. The lowest BCUT2D eigenvalue weighted by atomic mass is 10.00. The van der Waals surface area contributed by atoms with E-state index in [1.165, 1.54) is 11.8 Å². The first-order valence-electron chi connectivity index (χ1n) is 9.33. The molecular weight excluding hydrogens is 393 g/mol. The highest BCUT2D eigenvalue weighted by Crippen LogP contribution is 2.28. The van der Waals surface area contributed by atoms with Gasteiger partial charge < -0.3 is 4.74 Å². The van der Waals surface area contributed by atoms with Crippen molar-refractivity contribution in [3.8, 4) is 0 Å². The van der Waals surface area contributed by atoms with Crippen molar-refractivity contribution in [3.63, 3.8) is 0 Å². The predicted molar refractivity (Wildman–Crippen MR) is 100 cm³/mol. The first-order valence-corrected chi connectivity index (χ1v) is 9.71. The molecule has 5 nitrogen and oxygen atoms in total. The molecule has 0 aliphatic carbocycles. The molecule has 154 valence electrons. The molecule has 0 N–H and O–H groups in total. The van der Waals surface area contributed by atoms with Crippen LogP contribution in [0.1, 0.15) is 37.6 Å². The van der Waals surface area contributed by atoms with Crippen molar-refractivity contribution in [2.24, 2.45) is 0 Å². The average molecular weight is 417 g/mol. The quantitative estimate of drug-likeness (QED) is 0.705. The third-order valence-electron chi connectivity index (χ3n) is 5.10. The van der Waals surface area contributed by atoms with Crippen molar-refractivity contribution in [1.29, 1.82) is 0 Å². The van der Waals surface area contributed by atoms with E-state index in [0.717, 1.165) is 17.5 Å². The number of rotatable bonds is 6. The highest BCUT2D eigenvalue weighted by atomic mass is 35.5. The predicted octanol–water partition coefficient (Wildman–Crippen LogP) is 4.28. The molecule has 1 aromatic carbocycles. The minimum atomic E-state index is -4.33. The van der Waals surface area contributed by atoms with Crippen molar-refractivity contribution in [2.75, 3.05) is 13.2 Å². The number of halogens is 4. The van der Waals surface area contributed by atoms with Gasteiger partial charge in [-0.2, -0.15) is 13.2 Å². The van der Waals surface area contributed by atoms with E-state index in [0.29, 0.717) is 29.9 Å². The maximum absolute atomic E-state index is 12.6. The third kappa shape index (κ3) is 5.46. The summed E-state index contributed by atoms with van der Waals surface area (Å²) >= 11 is 5.96. The summed E-state index contributed by atoms with van der Waals surface area (Å²) in [5, 5.41) is 8.21. The Morgan fingerprint density at radius 3 is 2.64 bits per heavy atom. The standard InChI is InChI=1S/C19H24ClF3N4O/c1-3-13(2)27-10-18(17-9-26(25-24-17)12-19(21,22)23)28-11-16(27)8-14-4-6-15(20)7-5-14/h4-7,9,13,16,18H,3,8,10-12H2,1-2H3/t13?,16-,18+/m0/s1. The number of hydrogen-bond donors (Lipinski definition) is 0. The molecule has 2 heterocycles. The average Bonchev–Trinajstić information content (AvgIpc) is 3.10. The van der Waals surface area contributed by atoms with Crippen LogP contribution in [0, 0.1) is 0 Å². The summed E-state index contributed by atoms with van der Waals surface area (Å²) in [6, 6.07) is 8.25. The van der Waals surface area contributed by atoms with Gasteiger partial charge in [-0.3, -0.25) is 4.90 Å². The van der Waals surface area contributed by atoms with Crippen LogP contribution in [0.4, 0.5) is 13.2 Å². The molecule has 0 amide bonds. The van der Waals surface area contributed by atoms with Gasteiger partial charge in [-0.25, -0.2) is 4.68 Å². The van der Waals surface area contributed by atoms with Gasteiger partial charge in [-0.1, -0.05) is 35.9 Å². The molecule has 1 unspecified atom stereocenters. The van der Waals surface area contributed by atoms with Gasteiger partial charge in [-0.05, 0) is 37.5 Å². The van der Waals surface area contributed by atoms with Crippen molar-refractivity contribution >= 4 is 11.6 Å². The van der Waals surface area contributed by atoms with Crippen molar-refractivity contribution in [1.82, 2.24) is 19.9 Å². The summed E-state index contributed by atoms with van der Waals surface area (Å²) in [5.74, 6) is 0. The van der Waals surface area contributed by atoms with Gasteiger partial charge in [0.25, 0.3) is 0 Å². The molecule has 9 heteroatoms. The second kappa shape index (κ2) is 8.80. The second-order valence-electron chi connectivity index (χ2n) is 7.22. The molecule has 0 spiro atoms. The van der Waals surface area contributed by atoms with Crippen molar-refractivity contribution in [3.05, 3.63) is 46.7 Å². The van der Waals surface area contributed by atoms with Crippen LogP contribution < -0.4 is 0 Å². The van der Waals surface area contributed by atoms with Gasteiger partial charge >= 0.3 is 6.18 Å². The summed E-state index contributed by atoms with van der Waals surface area (Å²) in [4.78, 5) is 2.35. The summed E-state index contributed by atoms with van der Waals surface area (Å²) in [5.41, 5.74) is 1.60. The Kier molecular flexibility index (Phi) is 6.62. The zero-order chi connectivity index (χ0) is 20.3. The van der Waals surface area contributed by atoms with E-state index in [4.69, 9.17) is 16.3 Å². The molecule has 3 rings (SSSR count). The number of benzene rings is 1. The van der Waals surface area contributed by atoms with Crippen LogP contribution >= 0.6 is 11.6 Å². The largest absolute Gasteiger partial charge is 0.408 e. The van der Waals surface area contributed by atoms with E-state index in [-0.39, 0.29) is 6.04 Å². The van der Waals surface area contributed by atoms with Gasteiger partial charge in [0.05, 0.1) is 12.8 Å². The Labute approximate surface area is 167 Å². The molecule has 1 aromatic heterocycles. The van der Waals surface area contributed by atoms with E-state index < -0.39 is 18.8 Å². The fraction of sp³-hybridized carbons (Fsp3) is 0.579. The van der Waals surface area contributed by atoms with Crippen LogP contribution in [0.2, 0.25) is 5.02 Å². The molecule has 0 bridgehead atoms. The van der Waals surface area contributed by atoms with Crippen LogP contribution in [-0.4, -0.2) is 51.3 Å². The van der Waals surface area contributed by atoms with Gasteiger partial charge in [0.2, 0.25) is 0 Å². The van der Waals surface area contributed by atoms with Gasteiger partial charge in [0.1, 0.15) is 18.3 Å². The number of hydrogen-bond acceptors (Lipinski definition) is 4. The van der Waals surface area contributed by atoms with E-state index in [9.17, 15) is 13.2 Å². The van der Waals surface area contributed by atoms with E-state index >= 15 is 0 Å². The number of alkyl halides is 3. The topological polar surface area (TPSA) is 43.2 Å². The van der Waals surface area contributed by atoms with Crippen molar-refractivity contribution < 1.29 is 17.9 Å². The Bertz CT molecular complexity index is 765. The molecule has 3 atom stereocenters.